The molecule has 0 aliphatic heterocycles. The van der Waals surface area contributed by atoms with E-state index in [1.807, 2.05) is 0 Å². The number of hydrogen-bond acceptors (Lipinski definition) is 6. The minimum absolute atomic E-state index is 0.0441. The highest BCUT2D eigenvalue weighted by atomic mass is 16.6. The van der Waals surface area contributed by atoms with Gasteiger partial charge in [-0.2, -0.15) is 0 Å². The van der Waals surface area contributed by atoms with Gasteiger partial charge in [-0.25, -0.2) is 4.79 Å². The van der Waals surface area contributed by atoms with E-state index < -0.39 is 18.0 Å². The Morgan fingerprint density at radius 2 is 1.42 bits per heavy atom. The van der Waals surface area contributed by atoms with Crippen LogP contribution in [0.4, 0.5) is 0 Å². The molecule has 0 aliphatic rings. The molecule has 0 radical (unpaired) electrons. The molecule has 6 nitrogen and oxygen atoms in total. The number of ether oxygens (including phenoxy) is 1. The lowest BCUT2D eigenvalue weighted by Crippen LogP contribution is -2.35. The lowest BCUT2D eigenvalue weighted by Gasteiger charge is -2.10. The van der Waals surface area contributed by atoms with Crippen LogP contribution in [0.5, 0.6) is 11.5 Å². The zero-order valence-electron chi connectivity index (χ0n) is 13.0. The minimum atomic E-state index is -0.952. The standard InChI is InChI=1S/C18H19NO5/c19-16(11-13-3-8-15(21)9-4-13)18(23)24-17(22)10-5-12-1-6-14(20)7-2-12/h1-4,6-9,16,20-21H,5,10-11,19H2/t16-/m0/s1. The van der Waals surface area contributed by atoms with E-state index in [2.05, 4.69) is 0 Å². The van der Waals surface area contributed by atoms with E-state index >= 15 is 0 Å². The first-order valence-electron chi connectivity index (χ1n) is 7.50. The molecule has 0 heterocycles. The Morgan fingerprint density at radius 3 is 1.96 bits per heavy atom. The third-order valence-corrected chi connectivity index (χ3v) is 3.46. The number of aryl methyl sites for hydroxylation is 1. The molecule has 0 fully saturated rings. The molecule has 0 bridgehead atoms. The fourth-order valence-electron chi connectivity index (χ4n) is 2.12. The SMILES string of the molecule is N[C@@H](Cc1ccc(O)cc1)C(=O)OC(=O)CCc1ccc(O)cc1. The summed E-state index contributed by atoms with van der Waals surface area (Å²) in [5.74, 6) is -1.15. The molecule has 6 heteroatoms. The van der Waals surface area contributed by atoms with Crippen LogP contribution in [0.3, 0.4) is 0 Å². The fraction of sp³-hybridized carbons (Fsp3) is 0.222. The van der Waals surface area contributed by atoms with Crippen molar-refractivity contribution in [2.45, 2.75) is 25.3 Å². The molecule has 126 valence electrons. The summed E-state index contributed by atoms with van der Waals surface area (Å²) in [5, 5.41) is 18.4. The molecule has 0 aliphatic carbocycles. The quantitative estimate of drug-likeness (QED) is 0.549. The van der Waals surface area contributed by atoms with E-state index in [0.29, 0.717) is 6.42 Å². The average molecular weight is 329 g/mol. The molecule has 2 rings (SSSR count). The summed E-state index contributed by atoms with van der Waals surface area (Å²) in [6.07, 6.45) is 0.659. The molecular weight excluding hydrogens is 310 g/mol. The number of phenols is 2. The van der Waals surface area contributed by atoms with Gasteiger partial charge in [0.1, 0.15) is 17.5 Å². The lowest BCUT2D eigenvalue weighted by atomic mass is 10.1. The molecule has 0 saturated heterocycles. The van der Waals surface area contributed by atoms with Gasteiger partial charge in [-0.3, -0.25) is 4.79 Å². The van der Waals surface area contributed by atoms with E-state index in [4.69, 9.17) is 10.5 Å². The largest absolute Gasteiger partial charge is 0.508 e. The number of carbonyl (C=O) groups excluding carboxylic acids is 2. The predicted molar refractivity (Wildman–Crippen MR) is 87.3 cm³/mol. The normalized spacial score (nSPS) is 11.7. The Hall–Kier alpha value is -2.86. The van der Waals surface area contributed by atoms with E-state index in [9.17, 15) is 19.8 Å². The number of carbonyl (C=O) groups is 2. The van der Waals surface area contributed by atoms with Crippen LogP contribution in [0, 0.1) is 0 Å². The first-order valence-corrected chi connectivity index (χ1v) is 7.50. The number of benzene rings is 2. The second kappa shape index (κ2) is 8.12. The molecule has 0 saturated carbocycles. The van der Waals surface area contributed by atoms with Crippen molar-refractivity contribution >= 4 is 11.9 Å². The second-order valence-electron chi connectivity index (χ2n) is 5.44. The molecule has 24 heavy (non-hydrogen) atoms. The Balaban J connectivity index is 1.78. The van der Waals surface area contributed by atoms with Gasteiger partial charge in [0, 0.05) is 0 Å². The van der Waals surface area contributed by atoms with E-state index in [1.165, 1.54) is 24.3 Å². The smallest absolute Gasteiger partial charge is 0.330 e. The van der Waals surface area contributed by atoms with E-state index in [-0.39, 0.29) is 24.3 Å². The zero-order valence-corrected chi connectivity index (χ0v) is 13.0. The van der Waals surface area contributed by atoms with Crippen LogP contribution < -0.4 is 5.73 Å². The van der Waals surface area contributed by atoms with Gasteiger partial charge in [0.2, 0.25) is 0 Å². The van der Waals surface area contributed by atoms with Crippen molar-refractivity contribution in [2.24, 2.45) is 5.73 Å². The van der Waals surface area contributed by atoms with Gasteiger partial charge < -0.3 is 20.7 Å². The van der Waals surface area contributed by atoms with Gasteiger partial charge in [-0.05, 0) is 48.2 Å². The number of nitrogens with two attached hydrogens (primary N) is 1. The summed E-state index contributed by atoms with van der Waals surface area (Å²) >= 11 is 0. The summed E-state index contributed by atoms with van der Waals surface area (Å²) < 4.78 is 4.75. The number of esters is 2. The Bertz CT molecular complexity index is 694. The van der Waals surface area contributed by atoms with Gasteiger partial charge in [-0.15, -0.1) is 0 Å². The van der Waals surface area contributed by atoms with Crippen molar-refractivity contribution in [3.63, 3.8) is 0 Å². The highest BCUT2D eigenvalue weighted by Gasteiger charge is 2.19. The summed E-state index contributed by atoms with van der Waals surface area (Å²) in [5.41, 5.74) is 7.35. The molecule has 1 atom stereocenters. The highest BCUT2D eigenvalue weighted by molar-refractivity contribution is 5.88. The molecule has 0 spiro atoms. The minimum Gasteiger partial charge on any atom is -0.508 e. The summed E-state index contributed by atoms with van der Waals surface area (Å²) in [7, 11) is 0. The maximum atomic E-state index is 11.8. The van der Waals surface area contributed by atoms with Crippen LogP contribution >= 0.6 is 0 Å². The van der Waals surface area contributed by atoms with E-state index in [1.54, 1.807) is 24.3 Å². The van der Waals surface area contributed by atoms with Crippen LogP contribution in [-0.4, -0.2) is 28.2 Å². The molecule has 0 unspecified atom stereocenters. The summed E-state index contributed by atoms with van der Waals surface area (Å²) in [4.78, 5) is 23.5. The van der Waals surface area contributed by atoms with Crippen LogP contribution in [-0.2, 0) is 27.2 Å². The zero-order chi connectivity index (χ0) is 17.5. The lowest BCUT2D eigenvalue weighted by molar-refractivity contribution is -0.160. The molecule has 2 aromatic carbocycles. The van der Waals surface area contributed by atoms with Crippen molar-refractivity contribution in [1.29, 1.82) is 0 Å². The van der Waals surface area contributed by atoms with Crippen molar-refractivity contribution in [3.8, 4) is 11.5 Å². The average Bonchev–Trinajstić information content (AvgIpc) is 2.56. The third-order valence-electron chi connectivity index (χ3n) is 3.46. The Labute approximate surface area is 139 Å². The molecule has 2 aromatic rings. The van der Waals surface area contributed by atoms with Crippen molar-refractivity contribution in [1.82, 2.24) is 0 Å². The van der Waals surface area contributed by atoms with Crippen LogP contribution in [0.2, 0.25) is 0 Å². The number of rotatable bonds is 6. The Kier molecular flexibility index (Phi) is 5.92. The predicted octanol–water partition coefficient (Wildman–Crippen LogP) is 1.67. The molecule has 0 aromatic heterocycles. The van der Waals surface area contributed by atoms with Gasteiger partial charge in [0.05, 0.1) is 6.42 Å². The van der Waals surface area contributed by atoms with Gasteiger partial charge in [0.15, 0.2) is 0 Å². The molecule has 4 N–H and O–H groups in total. The second-order valence-corrected chi connectivity index (χ2v) is 5.44. The monoisotopic (exact) mass is 329 g/mol. The highest BCUT2D eigenvalue weighted by Crippen LogP contribution is 2.13. The van der Waals surface area contributed by atoms with Gasteiger partial charge in [0.25, 0.3) is 0 Å². The summed E-state index contributed by atoms with van der Waals surface area (Å²) in [6, 6.07) is 11.8. The first-order chi connectivity index (χ1) is 11.4. The van der Waals surface area contributed by atoms with Crippen molar-refractivity contribution in [3.05, 3.63) is 59.7 Å². The molecular formula is C18H19NO5. The van der Waals surface area contributed by atoms with Gasteiger partial charge in [-0.1, -0.05) is 24.3 Å². The van der Waals surface area contributed by atoms with Crippen LogP contribution in [0.1, 0.15) is 17.5 Å². The topological polar surface area (TPSA) is 110 Å². The summed E-state index contributed by atoms with van der Waals surface area (Å²) in [6.45, 7) is 0. The maximum absolute atomic E-state index is 11.8. The third kappa shape index (κ3) is 5.40. The van der Waals surface area contributed by atoms with Gasteiger partial charge >= 0.3 is 11.9 Å². The number of aromatic hydroxyl groups is 2. The first kappa shape index (κ1) is 17.5. The fourth-order valence-corrected chi connectivity index (χ4v) is 2.12. The van der Waals surface area contributed by atoms with Crippen LogP contribution in [0.25, 0.3) is 0 Å². The molecule has 0 amide bonds. The van der Waals surface area contributed by atoms with Crippen molar-refractivity contribution in [2.75, 3.05) is 0 Å². The number of hydrogen-bond donors (Lipinski definition) is 3. The number of phenolic OH excluding ortho intramolecular Hbond substituents is 2. The van der Waals surface area contributed by atoms with Crippen LogP contribution in [0.15, 0.2) is 48.5 Å². The van der Waals surface area contributed by atoms with E-state index in [0.717, 1.165) is 11.1 Å². The Morgan fingerprint density at radius 1 is 0.917 bits per heavy atom. The van der Waals surface area contributed by atoms with Crippen molar-refractivity contribution < 1.29 is 24.5 Å². The maximum Gasteiger partial charge on any atom is 0.330 e.